The molecule has 1 fully saturated rings. The zero-order chi connectivity index (χ0) is 22.8. The molecule has 0 aliphatic carbocycles. The fourth-order valence-corrected chi connectivity index (χ4v) is 4.74. The van der Waals surface area contributed by atoms with Gasteiger partial charge < -0.3 is 24.7 Å². The Bertz CT molecular complexity index is 1150. The summed E-state index contributed by atoms with van der Waals surface area (Å²) in [6, 6.07) is 13.0. The molecular weight excluding hydrogens is 440 g/mol. The second kappa shape index (κ2) is 9.35. The summed E-state index contributed by atoms with van der Waals surface area (Å²) in [7, 11) is 0. The standard InChI is InChI=1S/C24H26N4O4S/c1-33-11-8-19(23-25-17-4-2-3-5-18(17)26-23)27-24(30)15-12-22(29)28(14-15)16-6-7-20-21(13-16)32-10-9-31-20/h2-7,13,15,19H,8-12,14H2,1H3,(H,25,26)(H,27,30)/t15-,19+/m0/s1. The maximum Gasteiger partial charge on any atom is 0.227 e. The van der Waals surface area contributed by atoms with Gasteiger partial charge in [0.05, 0.1) is 23.0 Å². The SMILES string of the molecule is CSCC[C@@H](NC(=O)[C@H]1CC(=O)N(c2ccc3c(c2)OCCO3)C1)c1nc2ccccc2[nH]1. The Morgan fingerprint density at radius 1 is 1.24 bits per heavy atom. The fourth-order valence-electron chi connectivity index (χ4n) is 4.27. The molecule has 0 spiro atoms. The number of carbonyl (C=O) groups excluding carboxylic acids is 2. The van der Waals surface area contributed by atoms with Crippen LogP contribution < -0.4 is 19.7 Å². The van der Waals surface area contributed by atoms with Crippen molar-refractivity contribution >= 4 is 40.3 Å². The van der Waals surface area contributed by atoms with E-state index in [1.807, 2.05) is 48.7 Å². The first kappa shape index (κ1) is 21.6. The van der Waals surface area contributed by atoms with Crippen molar-refractivity contribution < 1.29 is 19.1 Å². The third kappa shape index (κ3) is 4.50. The van der Waals surface area contributed by atoms with Gasteiger partial charge in [-0.25, -0.2) is 4.98 Å². The minimum absolute atomic E-state index is 0.0729. The van der Waals surface area contributed by atoms with E-state index in [1.54, 1.807) is 16.7 Å². The summed E-state index contributed by atoms with van der Waals surface area (Å²) >= 11 is 1.72. The number of imidazole rings is 1. The van der Waals surface area contributed by atoms with Crippen molar-refractivity contribution in [3.05, 3.63) is 48.3 Å². The Kier molecular flexibility index (Phi) is 6.13. The molecule has 2 aliphatic rings. The first-order valence-corrected chi connectivity index (χ1v) is 12.5. The molecule has 2 amide bonds. The normalized spacial score (nSPS) is 18.5. The van der Waals surface area contributed by atoms with Crippen LogP contribution >= 0.6 is 11.8 Å². The topological polar surface area (TPSA) is 96.6 Å². The molecule has 5 rings (SSSR count). The molecule has 0 radical (unpaired) electrons. The van der Waals surface area contributed by atoms with Crippen molar-refractivity contribution in [1.82, 2.24) is 15.3 Å². The van der Waals surface area contributed by atoms with Crippen LogP contribution in [0.25, 0.3) is 11.0 Å². The monoisotopic (exact) mass is 466 g/mol. The lowest BCUT2D eigenvalue weighted by Gasteiger charge is -2.22. The van der Waals surface area contributed by atoms with E-state index in [9.17, 15) is 9.59 Å². The number of nitrogens with zero attached hydrogens (tertiary/aromatic N) is 2. The van der Waals surface area contributed by atoms with Crippen LogP contribution in [-0.4, -0.2) is 53.5 Å². The van der Waals surface area contributed by atoms with Gasteiger partial charge in [-0.3, -0.25) is 9.59 Å². The maximum atomic E-state index is 13.2. The van der Waals surface area contributed by atoms with E-state index in [4.69, 9.17) is 9.47 Å². The predicted molar refractivity (Wildman–Crippen MR) is 128 cm³/mol. The van der Waals surface area contributed by atoms with Gasteiger partial charge in [-0.2, -0.15) is 11.8 Å². The molecule has 0 saturated carbocycles. The Hall–Kier alpha value is -3.20. The molecule has 33 heavy (non-hydrogen) atoms. The summed E-state index contributed by atoms with van der Waals surface area (Å²) < 4.78 is 11.2. The number of anilines is 1. The Labute approximate surface area is 196 Å². The first-order chi connectivity index (χ1) is 16.1. The van der Waals surface area contributed by atoms with Crippen LogP contribution in [0.15, 0.2) is 42.5 Å². The summed E-state index contributed by atoms with van der Waals surface area (Å²) in [5, 5.41) is 3.14. The number of amides is 2. The van der Waals surface area contributed by atoms with Crippen molar-refractivity contribution in [2.75, 3.05) is 36.7 Å². The fraction of sp³-hybridized carbons (Fsp3) is 0.375. The Morgan fingerprint density at radius 3 is 2.88 bits per heavy atom. The van der Waals surface area contributed by atoms with Gasteiger partial charge in [0, 0.05) is 24.7 Å². The predicted octanol–water partition coefficient (Wildman–Crippen LogP) is 3.30. The van der Waals surface area contributed by atoms with Gasteiger partial charge in [-0.15, -0.1) is 0 Å². The largest absolute Gasteiger partial charge is 0.486 e. The lowest BCUT2D eigenvalue weighted by molar-refractivity contribution is -0.127. The number of H-pyrrole nitrogens is 1. The minimum Gasteiger partial charge on any atom is -0.486 e. The van der Waals surface area contributed by atoms with Crippen molar-refractivity contribution in [1.29, 1.82) is 0 Å². The highest BCUT2D eigenvalue weighted by atomic mass is 32.2. The van der Waals surface area contributed by atoms with Crippen molar-refractivity contribution in [2.45, 2.75) is 18.9 Å². The third-order valence-corrected chi connectivity index (χ3v) is 6.64. The third-order valence-electron chi connectivity index (χ3n) is 6.00. The average Bonchev–Trinajstić information content (AvgIpc) is 3.45. The molecule has 9 heteroatoms. The number of carbonyl (C=O) groups is 2. The smallest absolute Gasteiger partial charge is 0.227 e. The van der Waals surface area contributed by atoms with Crippen LogP contribution in [0.4, 0.5) is 5.69 Å². The van der Waals surface area contributed by atoms with E-state index in [0.29, 0.717) is 31.3 Å². The van der Waals surface area contributed by atoms with Gasteiger partial charge >= 0.3 is 0 Å². The number of aromatic nitrogens is 2. The zero-order valence-electron chi connectivity index (χ0n) is 18.4. The van der Waals surface area contributed by atoms with E-state index >= 15 is 0 Å². The molecule has 1 aromatic heterocycles. The van der Waals surface area contributed by atoms with Crippen molar-refractivity contribution in [3.8, 4) is 11.5 Å². The van der Waals surface area contributed by atoms with E-state index in [0.717, 1.165) is 34.7 Å². The van der Waals surface area contributed by atoms with E-state index in [2.05, 4.69) is 15.3 Å². The number of para-hydroxylation sites is 2. The molecule has 172 valence electrons. The average molecular weight is 467 g/mol. The molecule has 3 heterocycles. The van der Waals surface area contributed by atoms with Gasteiger partial charge in [0.2, 0.25) is 11.8 Å². The molecule has 0 unspecified atom stereocenters. The molecule has 0 bridgehead atoms. The summed E-state index contributed by atoms with van der Waals surface area (Å²) in [5.74, 6) is 2.30. The van der Waals surface area contributed by atoms with Crippen LogP contribution in [-0.2, 0) is 9.59 Å². The van der Waals surface area contributed by atoms with Crippen molar-refractivity contribution in [2.24, 2.45) is 5.92 Å². The molecule has 1 saturated heterocycles. The van der Waals surface area contributed by atoms with E-state index in [-0.39, 0.29) is 24.3 Å². The number of fused-ring (bicyclic) bond motifs is 2. The summed E-state index contributed by atoms with van der Waals surface area (Å²) in [6.07, 6.45) is 2.97. The summed E-state index contributed by atoms with van der Waals surface area (Å²) in [6.45, 7) is 1.33. The minimum atomic E-state index is -0.424. The van der Waals surface area contributed by atoms with E-state index in [1.165, 1.54) is 0 Å². The van der Waals surface area contributed by atoms with Crippen LogP contribution in [0.1, 0.15) is 24.7 Å². The number of hydrogen-bond acceptors (Lipinski definition) is 6. The second-order valence-electron chi connectivity index (χ2n) is 8.22. The molecule has 3 aromatic rings. The molecule has 2 aromatic carbocycles. The van der Waals surface area contributed by atoms with Gasteiger partial charge in [0.25, 0.3) is 0 Å². The lowest BCUT2D eigenvalue weighted by atomic mass is 10.1. The van der Waals surface area contributed by atoms with Gasteiger partial charge in [0.15, 0.2) is 11.5 Å². The van der Waals surface area contributed by atoms with E-state index < -0.39 is 5.92 Å². The number of rotatable bonds is 7. The molecule has 2 N–H and O–H groups in total. The molecule has 2 aliphatic heterocycles. The van der Waals surface area contributed by atoms with Crippen LogP contribution in [0.3, 0.4) is 0 Å². The Balaban J connectivity index is 1.30. The van der Waals surface area contributed by atoms with Crippen LogP contribution in [0, 0.1) is 5.92 Å². The number of aromatic amines is 1. The Morgan fingerprint density at radius 2 is 2.06 bits per heavy atom. The first-order valence-electron chi connectivity index (χ1n) is 11.1. The quantitative estimate of drug-likeness (QED) is 0.555. The highest BCUT2D eigenvalue weighted by Gasteiger charge is 2.36. The molecule has 8 nitrogen and oxygen atoms in total. The van der Waals surface area contributed by atoms with Gasteiger partial charge in [-0.1, -0.05) is 12.1 Å². The highest BCUT2D eigenvalue weighted by molar-refractivity contribution is 7.98. The number of thioether (sulfide) groups is 1. The number of benzene rings is 2. The van der Waals surface area contributed by atoms with Gasteiger partial charge in [-0.05, 0) is 42.7 Å². The summed E-state index contributed by atoms with van der Waals surface area (Å²) in [4.78, 5) is 35.6. The number of ether oxygens (including phenoxy) is 2. The number of nitrogens with one attached hydrogen (secondary N) is 2. The van der Waals surface area contributed by atoms with Crippen molar-refractivity contribution in [3.63, 3.8) is 0 Å². The second-order valence-corrected chi connectivity index (χ2v) is 9.20. The van der Waals surface area contributed by atoms with Crippen LogP contribution in [0.5, 0.6) is 11.5 Å². The number of hydrogen-bond donors (Lipinski definition) is 2. The lowest BCUT2D eigenvalue weighted by Crippen LogP contribution is -2.36. The highest BCUT2D eigenvalue weighted by Crippen LogP contribution is 2.36. The summed E-state index contributed by atoms with van der Waals surface area (Å²) in [5.41, 5.74) is 2.53. The van der Waals surface area contributed by atoms with Crippen LogP contribution in [0.2, 0.25) is 0 Å². The van der Waals surface area contributed by atoms with Gasteiger partial charge in [0.1, 0.15) is 19.0 Å². The molecule has 2 atom stereocenters. The zero-order valence-corrected chi connectivity index (χ0v) is 19.2. The maximum absolute atomic E-state index is 13.2. The molecular formula is C24H26N4O4S.